The molecule has 1 aromatic carbocycles. The molecule has 0 atom stereocenters. The van der Waals surface area contributed by atoms with Crippen LogP contribution in [-0.2, 0) is 9.53 Å². The number of fused-ring (bicyclic) bond motifs is 1. The predicted octanol–water partition coefficient (Wildman–Crippen LogP) is 3.04. The number of hydrogen-bond donors (Lipinski definition) is 0. The van der Waals surface area contributed by atoms with Crippen molar-refractivity contribution >= 4 is 17.8 Å². The summed E-state index contributed by atoms with van der Waals surface area (Å²) in [5.41, 5.74) is 0.994. The Balaban J connectivity index is 1.57. The third kappa shape index (κ3) is 3.21. The quantitative estimate of drug-likeness (QED) is 0.629. The second-order valence-corrected chi connectivity index (χ2v) is 6.97. The monoisotopic (exact) mass is 329 g/mol. The summed E-state index contributed by atoms with van der Waals surface area (Å²) >= 11 is 0. The van der Waals surface area contributed by atoms with E-state index in [2.05, 4.69) is 0 Å². The maximum atomic E-state index is 12.4. The van der Waals surface area contributed by atoms with Crippen molar-refractivity contribution < 1.29 is 19.1 Å². The number of carbonyl (C=O) groups excluding carboxylic acids is 3. The van der Waals surface area contributed by atoms with E-state index < -0.39 is 0 Å². The predicted molar refractivity (Wildman–Crippen MR) is 88.5 cm³/mol. The molecule has 1 aliphatic carbocycles. The second kappa shape index (κ2) is 6.75. The van der Waals surface area contributed by atoms with Gasteiger partial charge in [0, 0.05) is 6.54 Å². The SMILES string of the molecule is CC(C)OC(=O)C1CCC(CN2C(=O)c3ccccc3C2=O)CC1. The fraction of sp³-hybridized carbons (Fsp3) is 0.526. The highest BCUT2D eigenvalue weighted by molar-refractivity contribution is 6.21. The number of imide groups is 1. The van der Waals surface area contributed by atoms with E-state index in [1.54, 1.807) is 24.3 Å². The Hall–Kier alpha value is -2.17. The van der Waals surface area contributed by atoms with Gasteiger partial charge in [0.05, 0.1) is 23.1 Å². The summed E-state index contributed by atoms with van der Waals surface area (Å²) in [6.45, 7) is 4.15. The molecule has 0 N–H and O–H groups in total. The van der Waals surface area contributed by atoms with Gasteiger partial charge in [-0.1, -0.05) is 12.1 Å². The van der Waals surface area contributed by atoms with Crippen molar-refractivity contribution in [2.45, 2.75) is 45.6 Å². The topological polar surface area (TPSA) is 63.7 Å². The number of amides is 2. The van der Waals surface area contributed by atoms with Gasteiger partial charge in [-0.25, -0.2) is 0 Å². The van der Waals surface area contributed by atoms with Crippen LogP contribution in [0.3, 0.4) is 0 Å². The number of benzene rings is 1. The summed E-state index contributed by atoms with van der Waals surface area (Å²) in [4.78, 5) is 38.1. The number of rotatable bonds is 4. The maximum absolute atomic E-state index is 12.4. The highest BCUT2D eigenvalue weighted by Gasteiger charge is 2.37. The average Bonchev–Trinajstić information content (AvgIpc) is 2.80. The van der Waals surface area contributed by atoms with Crippen molar-refractivity contribution in [3.63, 3.8) is 0 Å². The average molecular weight is 329 g/mol. The van der Waals surface area contributed by atoms with Gasteiger partial charge in [-0.05, 0) is 57.6 Å². The van der Waals surface area contributed by atoms with Crippen LogP contribution in [-0.4, -0.2) is 35.3 Å². The lowest BCUT2D eigenvalue weighted by Gasteiger charge is -2.29. The largest absolute Gasteiger partial charge is 0.463 e. The van der Waals surface area contributed by atoms with Crippen LogP contribution in [0.15, 0.2) is 24.3 Å². The summed E-state index contributed by atoms with van der Waals surface area (Å²) in [6, 6.07) is 6.96. The van der Waals surface area contributed by atoms with E-state index in [1.807, 2.05) is 13.8 Å². The lowest BCUT2D eigenvalue weighted by atomic mass is 9.82. The Kier molecular flexibility index (Phi) is 4.69. The number of esters is 1. The van der Waals surface area contributed by atoms with E-state index >= 15 is 0 Å². The van der Waals surface area contributed by atoms with E-state index in [9.17, 15) is 14.4 Å². The lowest BCUT2D eigenvalue weighted by molar-refractivity contribution is -0.153. The Morgan fingerprint density at radius 1 is 1.08 bits per heavy atom. The van der Waals surface area contributed by atoms with Crippen molar-refractivity contribution in [3.05, 3.63) is 35.4 Å². The molecular formula is C19H23NO4. The molecule has 2 amide bonds. The van der Waals surface area contributed by atoms with Gasteiger partial charge in [-0.2, -0.15) is 0 Å². The zero-order chi connectivity index (χ0) is 17.3. The standard InChI is InChI=1S/C19H23NO4/c1-12(2)24-19(23)14-9-7-13(8-10-14)11-20-17(21)15-5-3-4-6-16(15)18(20)22/h3-6,12-14H,7-11H2,1-2H3. The fourth-order valence-electron chi connectivity index (χ4n) is 3.57. The van der Waals surface area contributed by atoms with Crippen LogP contribution in [0, 0.1) is 11.8 Å². The Morgan fingerprint density at radius 2 is 1.62 bits per heavy atom. The highest BCUT2D eigenvalue weighted by Crippen LogP contribution is 2.32. The minimum Gasteiger partial charge on any atom is -0.463 e. The van der Waals surface area contributed by atoms with Crippen LogP contribution >= 0.6 is 0 Å². The molecule has 1 fully saturated rings. The van der Waals surface area contributed by atoms with Crippen LogP contribution in [0.4, 0.5) is 0 Å². The van der Waals surface area contributed by atoms with Crippen LogP contribution < -0.4 is 0 Å². The third-order valence-corrected chi connectivity index (χ3v) is 4.85. The number of hydrogen-bond acceptors (Lipinski definition) is 4. The number of nitrogens with zero attached hydrogens (tertiary/aromatic N) is 1. The Morgan fingerprint density at radius 3 is 2.12 bits per heavy atom. The first kappa shape index (κ1) is 16.7. The first-order chi connectivity index (χ1) is 11.5. The molecular weight excluding hydrogens is 306 g/mol. The molecule has 24 heavy (non-hydrogen) atoms. The van der Waals surface area contributed by atoms with Gasteiger partial charge in [-0.3, -0.25) is 19.3 Å². The van der Waals surface area contributed by atoms with Gasteiger partial charge in [0.2, 0.25) is 0 Å². The van der Waals surface area contributed by atoms with Crippen molar-refractivity contribution in [1.29, 1.82) is 0 Å². The zero-order valence-corrected chi connectivity index (χ0v) is 14.2. The number of ether oxygens (including phenoxy) is 1. The summed E-state index contributed by atoms with van der Waals surface area (Å²) in [6.07, 6.45) is 3.11. The fourth-order valence-corrected chi connectivity index (χ4v) is 3.57. The molecule has 1 aromatic rings. The lowest BCUT2D eigenvalue weighted by Crippen LogP contribution is -2.36. The molecule has 1 aliphatic heterocycles. The van der Waals surface area contributed by atoms with Crippen molar-refractivity contribution in [1.82, 2.24) is 4.90 Å². The Labute approximate surface area is 142 Å². The van der Waals surface area contributed by atoms with Crippen molar-refractivity contribution in [3.8, 4) is 0 Å². The van der Waals surface area contributed by atoms with E-state index in [-0.39, 0.29) is 35.7 Å². The molecule has 0 radical (unpaired) electrons. The molecule has 0 saturated heterocycles. The summed E-state index contributed by atoms with van der Waals surface area (Å²) in [7, 11) is 0. The normalized spacial score (nSPS) is 23.5. The molecule has 5 nitrogen and oxygen atoms in total. The first-order valence-corrected chi connectivity index (χ1v) is 8.63. The smallest absolute Gasteiger partial charge is 0.309 e. The molecule has 0 unspecified atom stereocenters. The minimum absolute atomic E-state index is 0.0502. The first-order valence-electron chi connectivity index (χ1n) is 8.63. The Bertz CT molecular complexity index is 624. The minimum atomic E-state index is -0.197. The molecule has 1 saturated carbocycles. The molecule has 0 bridgehead atoms. The summed E-state index contributed by atoms with van der Waals surface area (Å²) in [5, 5.41) is 0. The van der Waals surface area contributed by atoms with Crippen LogP contribution in [0.2, 0.25) is 0 Å². The van der Waals surface area contributed by atoms with E-state index in [4.69, 9.17) is 4.74 Å². The number of carbonyl (C=O) groups is 3. The molecule has 1 heterocycles. The zero-order valence-electron chi connectivity index (χ0n) is 14.2. The second-order valence-electron chi connectivity index (χ2n) is 6.97. The van der Waals surface area contributed by atoms with E-state index in [0.29, 0.717) is 17.7 Å². The van der Waals surface area contributed by atoms with E-state index in [1.165, 1.54) is 4.90 Å². The molecule has 2 aliphatic rings. The van der Waals surface area contributed by atoms with Crippen molar-refractivity contribution in [2.24, 2.45) is 11.8 Å². The van der Waals surface area contributed by atoms with Gasteiger partial charge >= 0.3 is 5.97 Å². The summed E-state index contributed by atoms with van der Waals surface area (Å²) < 4.78 is 5.28. The van der Waals surface area contributed by atoms with Crippen LogP contribution in [0.25, 0.3) is 0 Å². The summed E-state index contributed by atoms with van der Waals surface area (Å²) in [5.74, 6) is -0.306. The van der Waals surface area contributed by atoms with Crippen LogP contribution in [0.5, 0.6) is 0 Å². The van der Waals surface area contributed by atoms with Gasteiger partial charge in [0.25, 0.3) is 11.8 Å². The van der Waals surface area contributed by atoms with Crippen molar-refractivity contribution in [2.75, 3.05) is 6.54 Å². The molecule has 0 aromatic heterocycles. The van der Waals surface area contributed by atoms with Gasteiger partial charge in [-0.15, -0.1) is 0 Å². The van der Waals surface area contributed by atoms with Gasteiger partial charge < -0.3 is 4.74 Å². The van der Waals surface area contributed by atoms with Gasteiger partial charge in [0.1, 0.15) is 0 Å². The van der Waals surface area contributed by atoms with Crippen LogP contribution in [0.1, 0.15) is 60.2 Å². The highest BCUT2D eigenvalue weighted by atomic mass is 16.5. The molecule has 3 rings (SSSR count). The van der Waals surface area contributed by atoms with E-state index in [0.717, 1.165) is 25.7 Å². The molecule has 5 heteroatoms. The molecule has 128 valence electrons. The maximum Gasteiger partial charge on any atom is 0.309 e. The molecule has 0 spiro atoms. The third-order valence-electron chi connectivity index (χ3n) is 4.85. The van der Waals surface area contributed by atoms with Gasteiger partial charge in [0.15, 0.2) is 0 Å².